The summed E-state index contributed by atoms with van der Waals surface area (Å²) in [6.45, 7) is 1.82. The minimum Gasteiger partial charge on any atom is -0.370 e. The van der Waals surface area contributed by atoms with Crippen LogP contribution in [0.2, 0.25) is 0 Å². The van der Waals surface area contributed by atoms with E-state index in [0.717, 1.165) is 6.61 Å². The SMILES string of the molecule is c1ccc(COCOCC2CCC3OC3C2)cc1. The highest BCUT2D eigenvalue weighted by molar-refractivity contribution is 5.13. The molecule has 3 unspecified atom stereocenters. The molecule has 0 radical (unpaired) electrons. The van der Waals surface area contributed by atoms with E-state index >= 15 is 0 Å². The van der Waals surface area contributed by atoms with Crippen molar-refractivity contribution in [2.75, 3.05) is 13.4 Å². The van der Waals surface area contributed by atoms with Crippen LogP contribution in [0.1, 0.15) is 24.8 Å². The van der Waals surface area contributed by atoms with Gasteiger partial charge in [-0.1, -0.05) is 30.3 Å². The van der Waals surface area contributed by atoms with Crippen molar-refractivity contribution in [2.45, 2.75) is 38.1 Å². The van der Waals surface area contributed by atoms with Gasteiger partial charge in [-0.25, -0.2) is 0 Å². The van der Waals surface area contributed by atoms with Crippen LogP contribution in [-0.2, 0) is 20.8 Å². The maximum Gasteiger partial charge on any atom is 0.147 e. The summed E-state index contributed by atoms with van der Waals surface area (Å²) in [5, 5.41) is 0. The molecule has 98 valence electrons. The first-order valence-electron chi connectivity index (χ1n) is 6.76. The third kappa shape index (κ3) is 3.31. The summed E-state index contributed by atoms with van der Waals surface area (Å²) in [6.07, 6.45) is 4.74. The van der Waals surface area contributed by atoms with Gasteiger partial charge in [-0.15, -0.1) is 0 Å². The van der Waals surface area contributed by atoms with Crippen LogP contribution in [0, 0.1) is 5.92 Å². The molecule has 0 spiro atoms. The summed E-state index contributed by atoms with van der Waals surface area (Å²) in [6, 6.07) is 10.2. The molecule has 2 fully saturated rings. The Hall–Kier alpha value is -0.900. The monoisotopic (exact) mass is 248 g/mol. The summed E-state index contributed by atoms with van der Waals surface area (Å²) in [5.74, 6) is 0.661. The van der Waals surface area contributed by atoms with E-state index in [0.29, 0.717) is 31.5 Å². The van der Waals surface area contributed by atoms with Crippen molar-refractivity contribution in [1.29, 1.82) is 0 Å². The van der Waals surface area contributed by atoms with Gasteiger partial charge >= 0.3 is 0 Å². The number of rotatable bonds is 6. The maximum absolute atomic E-state index is 5.58. The number of hydrogen-bond acceptors (Lipinski definition) is 3. The second kappa shape index (κ2) is 5.83. The fourth-order valence-electron chi connectivity index (χ4n) is 2.65. The molecule has 2 aliphatic rings. The van der Waals surface area contributed by atoms with Gasteiger partial charge in [0.2, 0.25) is 0 Å². The molecule has 1 heterocycles. The van der Waals surface area contributed by atoms with Crippen LogP contribution in [0.25, 0.3) is 0 Å². The Morgan fingerprint density at radius 1 is 1.06 bits per heavy atom. The van der Waals surface area contributed by atoms with Crippen LogP contribution < -0.4 is 0 Å². The zero-order chi connectivity index (χ0) is 12.2. The lowest BCUT2D eigenvalue weighted by Crippen LogP contribution is -2.19. The van der Waals surface area contributed by atoms with Gasteiger partial charge in [0.15, 0.2) is 0 Å². The molecule has 3 nitrogen and oxygen atoms in total. The minimum absolute atomic E-state index is 0.389. The molecular weight excluding hydrogens is 228 g/mol. The van der Waals surface area contributed by atoms with Crippen LogP contribution in [0.15, 0.2) is 30.3 Å². The number of epoxide rings is 1. The first-order chi connectivity index (χ1) is 8.92. The van der Waals surface area contributed by atoms with Crippen LogP contribution >= 0.6 is 0 Å². The standard InChI is InChI=1S/C15H20O3/c1-2-4-12(5-3-1)9-16-11-17-10-13-6-7-14-15(8-13)18-14/h1-5,13-15H,6-11H2. The molecule has 0 aromatic heterocycles. The molecule has 3 atom stereocenters. The summed E-state index contributed by atoms with van der Waals surface area (Å²) < 4.78 is 16.6. The summed E-state index contributed by atoms with van der Waals surface area (Å²) >= 11 is 0. The molecule has 0 amide bonds. The van der Waals surface area contributed by atoms with Crippen molar-refractivity contribution in [1.82, 2.24) is 0 Å². The Kier molecular flexibility index (Phi) is 3.93. The lowest BCUT2D eigenvalue weighted by atomic mass is 9.90. The fourth-order valence-corrected chi connectivity index (χ4v) is 2.65. The molecule has 1 saturated carbocycles. The van der Waals surface area contributed by atoms with Crippen LogP contribution in [0.5, 0.6) is 0 Å². The van der Waals surface area contributed by atoms with E-state index in [1.165, 1.54) is 24.8 Å². The van der Waals surface area contributed by atoms with Crippen molar-refractivity contribution in [3.63, 3.8) is 0 Å². The molecule has 0 N–H and O–H groups in total. The van der Waals surface area contributed by atoms with Crippen molar-refractivity contribution in [2.24, 2.45) is 5.92 Å². The summed E-state index contributed by atoms with van der Waals surface area (Å²) in [4.78, 5) is 0. The lowest BCUT2D eigenvalue weighted by molar-refractivity contribution is -0.0738. The Morgan fingerprint density at radius 3 is 2.78 bits per heavy atom. The number of benzene rings is 1. The van der Waals surface area contributed by atoms with E-state index in [4.69, 9.17) is 14.2 Å². The predicted octanol–water partition coefficient (Wildman–Crippen LogP) is 2.74. The fraction of sp³-hybridized carbons (Fsp3) is 0.600. The van der Waals surface area contributed by atoms with Crippen LogP contribution in [0.4, 0.5) is 0 Å². The molecule has 1 aliphatic heterocycles. The van der Waals surface area contributed by atoms with E-state index in [1.807, 2.05) is 18.2 Å². The molecule has 18 heavy (non-hydrogen) atoms. The quantitative estimate of drug-likeness (QED) is 0.440. The zero-order valence-electron chi connectivity index (χ0n) is 10.6. The molecule has 1 aromatic carbocycles. The topological polar surface area (TPSA) is 31.0 Å². The van der Waals surface area contributed by atoms with Gasteiger partial charge in [0.05, 0.1) is 25.4 Å². The average molecular weight is 248 g/mol. The van der Waals surface area contributed by atoms with Gasteiger partial charge in [0.1, 0.15) is 6.79 Å². The molecule has 1 aromatic rings. The Labute approximate surface area is 108 Å². The Morgan fingerprint density at radius 2 is 1.94 bits per heavy atom. The van der Waals surface area contributed by atoms with E-state index < -0.39 is 0 Å². The highest BCUT2D eigenvalue weighted by Gasteiger charge is 2.43. The van der Waals surface area contributed by atoms with Gasteiger partial charge in [-0.05, 0) is 30.7 Å². The lowest BCUT2D eigenvalue weighted by Gasteiger charge is -2.18. The number of fused-ring (bicyclic) bond motifs is 1. The largest absolute Gasteiger partial charge is 0.370 e. The summed E-state index contributed by atoms with van der Waals surface area (Å²) in [5.41, 5.74) is 1.19. The van der Waals surface area contributed by atoms with E-state index in [2.05, 4.69) is 12.1 Å². The van der Waals surface area contributed by atoms with E-state index in [9.17, 15) is 0 Å². The molecule has 3 heteroatoms. The van der Waals surface area contributed by atoms with Crippen molar-refractivity contribution < 1.29 is 14.2 Å². The van der Waals surface area contributed by atoms with E-state index in [1.54, 1.807) is 0 Å². The van der Waals surface area contributed by atoms with Crippen molar-refractivity contribution in [3.05, 3.63) is 35.9 Å². The number of ether oxygens (including phenoxy) is 3. The summed E-state index contributed by atoms with van der Waals surface area (Å²) in [7, 11) is 0. The third-order valence-corrected chi connectivity index (χ3v) is 3.74. The second-order valence-corrected chi connectivity index (χ2v) is 5.21. The highest BCUT2D eigenvalue weighted by atomic mass is 16.7. The van der Waals surface area contributed by atoms with Crippen LogP contribution in [-0.4, -0.2) is 25.6 Å². The van der Waals surface area contributed by atoms with Gasteiger partial charge in [0, 0.05) is 0 Å². The minimum atomic E-state index is 0.389. The highest BCUT2D eigenvalue weighted by Crippen LogP contribution is 2.39. The van der Waals surface area contributed by atoms with Gasteiger partial charge in [0.25, 0.3) is 0 Å². The molecular formula is C15H20O3. The zero-order valence-corrected chi connectivity index (χ0v) is 10.6. The smallest absolute Gasteiger partial charge is 0.147 e. The molecule has 3 rings (SSSR count). The maximum atomic E-state index is 5.58. The predicted molar refractivity (Wildman–Crippen MR) is 68.1 cm³/mol. The molecule has 0 bridgehead atoms. The van der Waals surface area contributed by atoms with Crippen molar-refractivity contribution in [3.8, 4) is 0 Å². The first kappa shape index (κ1) is 12.2. The Bertz CT molecular complexity index is 365. The van der Waals surface area contributed by atoms with Gasteiger partial charge in [-0.3, -0.25) is 0 Å². The van der Waals surface area contributed by atoms with E-state index in [-0.39, 0.29) is 0 Å². The van der Waals surface area contributed by atoms with Gasteiger partial charge in [-0.2, -0.15) is 0 Å². The van der Waals surface area contributed by atoms with Crippen LogP contribution in [0.3, 0.4) is 0 Å². The molecule has 1 aliphatic carbocycles. The Balaban J connectivity index is 1.26. The van der Waals surface area contributed by atoms with Crippen molar-refractivity contribution >= 4 is 0 Å². The number of hydrogen-bond donors (Lipinski definition) is 0. The first-order valence-corrected chi connectivity index (χ1v) is 6.76. The normalized spacial score (nSPS) is 29.9. The molecule has 1 saturated heterocycles. The van der Waals surface area contributed by atoms with Gasteiger partial charge < -0.3 is 14.2 Å². The third-order valence-electron chi connectivity index (χ3n) is 3.74. The second-order valence-electron chi connectivity index (χ2n) is 5.21. The average Bonchev–Trinajstić information content (AvgIpc) is 3.18.